The molecular formula is C24H25F3N4O3. The molecule has 7 nitrogen and oxygen atoms in total. The molecule has 0 saturated heterocycles. The van der Waals surface area contributed by atoms with Crippen LogP contribution in [0.3, 0.4) is 0 Å². The number of imidazole rings is 1. The number of hydrogen-bond donors (Lipinski definition) is 1. The van der Waals surface area contributed by atoms with Gasteiger partial charge in [0, 0.05) is 30.3 Å². The number of amides is 1. The maximum atomic E-state index is 13.0. The van der Waals surface area contributed by atoms with Gasteiger partial charge in [-0.15, -0.1) is 0 Å². The van der Waals surface area contributed by atoms with Crippen molar-refractivity contribution in [1.82, 2.24) is 14.4 Å². The van der Waals surface area contributed by atoms with Crippen LogP contribution < -0.4 is 10.1 Å². The van der Waals surface area contributed by atoms with E-state index in [4.69, 9.17) is 9.72 Å². The van der Waals surface area contributed by atoms with E-state index in [0.717, 1.165) is 43.7 Å². The van der Waals surface area contributed by atoms with Gasteiger partial charge in [0.1, 0.15) is 29.2 Å². The third kappa shape index (κ3) is 5.21. The molecule has 1 fully saturated rings. The van der Waals surface area contributed by atoms with E-state index >= 15 is 0 Å². The number of ether oxygens (including phenoxy) is 1. The lowest BCUT2D eigenvalue weighted by Crippen LogP contribution is -2.18. The number of pyridine rings is 2. The summed E-state index contributed by atoms with van der Waals surface area (Å²) in [5.74, 6) is -0.273. The van der Waals surface area contributed by atoms with Crippen LogP contribution in [-0.4, -0.2) is 32.7 Å². The molecule has 0 bridgehead atoms. The lowest BCUT2D eigenvalue weighted by atomic mass is 9.81. The first-order valence-electron chi connectivity index (χ1n) is 11.1. The minimum absolute atomic E-state index is 0.0964. The quantitative estimate of drug-likeness (QED) is 0.493. The highest BCUT2D eigenvalue weighted by atomic mass is 19.4. The van der Waals surface area contributed by atoms with E-state index in [1.165, 1.54) is 12.1 Å². The average Bonchev–Trinajstić information content (AvgIpc) is 3.21. The van der Waals surface area contributed by atoms with E-state index in [1.54, 1.807) is 16.7 Å². The minimum Gasteiger partial charge on any atom is -0.490 e. The van der Waals surface area contributed by atoms with Gasteiger partial charge in [-0.2, -0.15) is 13.2 Å². The second-order valence-electron chi connectivity index (χ2n) is 8.76. The Kier molecular flexibility index (Phi) is 6.58. The number of alkyl halides is 3. The van der Waals surface area contributed by atoms with Gasteiger partial charge in [-0.25, -0.2) is 9.97 Å². The summed E-state index contributed by atoms with van der Waals surface area (Å²) in [6.45, 7) is 3.62. The van der Waals surface area contributed by atoms with Gasteiger partial charge in [0.05, 0.1) is 17.4 Å². The van der Waals surface area contributed by atoms with E-state index < -0.39 is 17.8 Å². The fraction of sp³-hybridized carbons (Fsp3) is 0.417. The molecule has 1 aliphatic carbocycles. The van der Waals surface area contributed by atoms with Crippen molar-refractivity contribution in [2.75, 3.05) is 5.32 Å². The van der Waals surface area contributed by atoms with Gasteiger partial charge in [-0.3, -0.25) is 4.79 Å². The number of nitrogens with one attached hydrogen (secondary N) is 1. The van der Waals surface area contributed by atoms with Crippen molar-refractivity contribution in [2.24, 2.45) is 5.92 Å². The zero-order valence-electron chi connectivity index (χ0n) is 18.8. The van der Waals surface area contributed by atoms with Crippen molar-refractivity contribution in [3.05, 3.63) is 53.6 Å². The van der Waals surface area contributed by atoms with Crippen molar-refractivity contribution in [3.63, 3.8) is 0 Å². The lowest BCUT2D eigenvalue weighted by molar-refractivity contribution is -0.141. The first kappa shape index (κ1) is 23.7. The number of carbonyl (C=O) groups excluding carboxylic acids is 2. The van der Waals surface area contributed by atoms with Crippen LogP contribution in [0.15, 0.2) is 36.7 Å². The van der Waals surface area contributed by atoms with Crippen LogP contribution in [0.2, 0.25) is 0 Å². The van der Waals surface area contributed by atoms with Gasteiger partial charge in [0.2, 0.25) is 0 Å². The Hall–Kier alpha value is -3.43. The number of aldehydes is 1. The molecule has 10 heteroatoms. The van der Waals surface area contributed by atoms with Crippen LogP contribution in [0.4, 0.5) is 19.0 Å². The Morgan fingerprint density at radius 3 is 2.56 bits per heavy atom. The van der Waals surface area contributed by atoms with Crippen LogP contribution in [0.25, 0.3) is 5.65 Å². The first-order chi connectivity index (χ1) is 16.1. The van der Waals surface area contributed by atoms with Gasteiger partial charge < -0.3 is 19.2 Å². The Morgan fingerprint density at radius 1 is 1.18 bits per heavy atom. The van der Waals surface area contributed by atoms with E-state index in [1.807, 2.05) is 20.0 Å². The number of rotatable bonds is 6. The number of aromatic nitrogens is 3. The molecule has 0 spiro atoms. The summed E-state index contributed by atoms with van der Waals surface area (Å²) in [7, 11) is 0. The van der Waals surface area contributed by atoms with E-state index in [9.17, 15) is 22.8 Å². The van der Waals surface area contributed by atoms with Crippen LogP contribution >= 0.6 is 0 Å². The Labute approximate surface area is 194 Å². The molecule has 4 rings (SSSR count). The molecule has 0 radical (unpaired) electrons. The summed E-state index contributed by atoms with van der Waals surface area (Å²) in [4.78, 5) is 32.3. The minimum atomic E-state index is -4.62. The molecule has 0 unspecified atom stereocenters. The fourth-order valence-electron chi connectivity index (χ4n) is 4.15. The van der Waals surface area contributed by atoms with E-state index in [2.05, 4.69) is 10.3 Å². The normalized spacial score (nSPS) is 18.8. The first-order valence-corrected chi connectivity index (χ1v) is 11.1. The summed E-state index contributed by atoms with van der Waals surface area (Å²) in [6, 6.07) is 4.96. The van der Waals surface area contributed by atoms with Crippen LogP contribution in [0.1, 0.15) is 67.2 Å². The van der Waals surface area contributed by atoms with E-state index in [-0.39, 0.29) is 35.1 Å². The fourth-order valence-corrected chi connectivity index (χ4v) is 4.15. The third-order valence-electron chi connectivity index (χ3n) is 5.84. The number of halogens is 3. The third-order valence-corrected chi connectivity index (χ3v) is 5.84. The smallest absolute Gasteiger partial charge is 0.433 e. The molecule has 1 aliphatic rings. The predicted octanol–water partition coefficient (Wildman–Crippen LogP) is 5.26. The second-order valence-corrected chi connectivity index (χ2v) is 8.76. The highest BCUT2D eigenvalue weighted by Gasteiger charge is 2.32. The lowest BCUT2D eigenvalue weighted by Gasteiger charge is -2.23. The molecule has 3 aromatic heterocycles. The summed E-state index contributed by atoms with van der Waals surface area (Å²) >= 11 is 0. The number of nitrogens with zero attached hydrogens (tertiary/aromatic N) is 3. The standard InChI is InChI=1S/C24H25F3N4O3/c1-14(2)34-19-10-22-28-18(16-8-6-15(13-32)7-9-16)12-31(22)11-17(19)23(33)30-21-5-3-4-20(29-21)24(25,26)27/h3-5,10-16H,6-9H2,1-2H3,(H,29,30,33). The second kappa shape index (κ2) is 9.44. The van der Waals surface area contributed by atoms with Crippen molar-refractivity contribution >= 4 is 23.7 Å². The molecule has 1 N–H and O–H groups in total. The predicted molar refractivity (Wildman–Crippen MR) is 119 cm³/mol. The Balaban J connectivity index is 1.64. The van der Waals surface area contributed by atoms with Crippen molar-refractivity contribution in [2.45, 2.75) is 57.7 Å². The summed E-state index contributed by atoms with van der Waals surface area (Å²) < 4.78 is 46.5. The highest BCUT2D eigenvalue weighted by molar-refractivity contribution is 6.05. The molecule has 0 aromatic carbocycles. The van der Waals surface area contributed by atoms with Crippen LogP contribution in [-0.2, 0) is 11.0 Å². The Morgan fingerprint density at radius 2 is 1.91 bits per heavy atom. The van der Waals surface area contributed by atoms with Crippen LogP contribution in [0, 0.1) is 5.92 Å². The topological polar surface area (TPSA) is 85.6 Å². The van der Waals surface area contributed by atoms with Crippen molar-refractivity contribution < 1.29 is 27.5 Å². The zero-order chi connectivity index (χ0) is 24.5. The maximum Gasteiger partial charge on any atom is 0.433 e. The highest BCUT2D eigenvalue weighted by Crippen LogP contribution is 2.35. The average molecular weight is 474 g/mol. The number of anilines is 1. The summed E-state index contributed by atoms with van der Waals surface area (Å²) in [5.41, 5.74) is 0.519. The summed E-state index contributed by atoms with van der Waals surface area (Å²) in [5, 5.41) is 2.43. The molecule has 1 amide bonds. The van der Waals surface area contributed by atoms with E-state index in [0.29, 0.717) is 5.65 Å². The van der Waals surface area contributed by atoms with Crippen LogP contribution in [0.5, 0.6) is 5.75 Å². The van der Waals surface area contributed by atoms with Gasteiger partial charge in [-0.1, -0.05) is 6.07 Å². The number of fused-ring (bicyclic) bond motifs is 1. The molecule has 180 valence electrons. The van der Waals surface area contributed by atoms with Crippen molar-refractivity contribution in [1.29, 1.82) is 0 Å². The number of carbonyl (C=O) groups is 2. The summed E-state index contributed by atoms with van der Waals surface area (Å²) in [6.07, 6.45) is 2.91. The molecule has 3 aromatic rings. The molecule has 0 aliphatic heterocycles. The monoisotopic (exact) mass is 474 g/mol. The Bertz CT molecular complexity index is 1200. The molecule has 3 heterocycles. The maximum absolute atomic E-state index is 13.0. The zero-order valence-corrected chi connectivity index (χ0v) is 18.8. The molecule has 34 heavy (non-hydrogen) atoms. The SMILES string of the molecule is CC(C)Oc1cc2nc(C3CCC(C=O)CC3)cn2cc1C(=O)Nc1cccc(C(F)(F)F)n1. The van der Waals surface area contributed by atoms with Crippen molar-refractivity contribution in [3.8, 4) is 5.75 Å². The largest absolute Gasteiger partial charge is 0.490 e. The number of hydrogen-bond acceptors (Lipinski definition) is 5. The molecule has 1 saturated carbocycles. The van der Waals surface area contributed by atoms with Gasteiger partial charge in [0.25, 0.3) is 5.91 Å². The van der Waals surface area contributed by atoms with Gasteiger partial charge in [0.15, 0.2) is 0 Å². The molecular weight excluding hydrogens is 449 g/mol. The molecule has 0 atom stereocenters. The van der Waals surface area contributed by atoms with Gasteiger partial charge in [-0.05, 0) is 51.7 Å². The van der Waals surface area contributed by atoms with Gasteiger partial charge >= 0.3 is 6.18 Å².